The highest BCUT2D eigenvalue weighted by molar-refractivity contribution is 6.30. The van der Waals surface area contributed by atoms with Crippen LogP contribution in [0.2, 0.25) is 5.02 Å². The van der Waals surface area contributed by atoms with E-state index in [2.05, 4.69) is 9.88 Å². The third kappa shape index (κ3) is 4.49. The minimum atomic E-state index is -0.515. The predicted molar refractivity (Wildman–Crippen MR) is 122 cm³/mol. The van der Waals surface area contributed by atoms with Gasteiger partial charge >= 0.3 is 5.97 Å². The van der Waals surface area contributed by atoms with Gasteiger partial charge in [-0.3, -0.25) is 9.78 Å². The number of hydrogen-bond donors (Lipinski definition) is 0. The summed E-state index contributed by atoms with van der Waals surface area (Å²) in [6, 6.07) is 15.4. The van der Waals surface area contributed by atoms with Crippen molar-refractivity contribution in [1.29, 1.82) is 0 Å². The molecule has 2 aromatic carbocycles. The maximum absolute atomic E-state index is 12.7. The minimum Gasteiger partial charge on any atom is -0.452 e. The average Bonchev–Trinajstić information content (AvgIpc) is 2.77. The molecule has 1 fully saturated rings. The molecule has 0 radical (unpaired) electrons. The maximum atomic E-state index is 12.7. The Labute approximate surface area is 186 Å². The molecular formula is C24H24ClN3O3. The number of ether oxygens (including phenoxy) is 1. The number of rotatable bonds is 4. The molecule has 1 amide bonds. The molecule has 2 heterocycles. The number of pyridine rings is 1. The van der Waals surface area contributed by atoms with Gasteiger partial charge in [0.15, 0.2) is 6.61 Å². The second-order valence-corrected chi connectivity index (χ2v) is 8.07. The molecule has 0 N–H and O–H groups in total. The lowest BCUT2D eigenvalue weighted by Gasteiger charge is -2.36. The van der Waals surface area contributed by atoms with Crippen molar-refractivity contribution in [2.45, 2.75) is 13.8 Å². The normalized spacial score (nSPS) is 14.0. The minimum absolute atomic E-state index is 0.192. The number of esters is 1. The molecule has 0 saturated carbocycles. The summed E-state index contributed by atoms with van der Waals surface area (Å²) in [5.41, 5.74) is 3.72. The zero-order valence-corrected chi connectivity index (χ0v) is 18.4. The zero-order chi connectivity index (χ0) is 22.0. The van der Waals surface area contributed by atoms with E-state index >= 15 is 0 Å². The quantitative estimate of drug-likeness (QED) is 0.577. The number of hydrogen-bond acceptors (Lipinski definition) is 5. The van der Waals surface area contributed by atoms with E-state index in [9.17, 15) is 9.59 Å². The number of halogens is 1. The predicted octanol–water partition coefficient (Wildman–Crippen LogP) is 4.01. The summed E-state index contributed by atoms with van der Waals surface area (Å²) in [5, 5.41) is 1.60. The first-order valence-electron chi connectivity index (χ1n) is 10.3. The molecule has 6 nitrogen and oxygen atoms in total. The third-order valence-corrected chi connectivity index (χ3v) is 5.90. The number of aromatic nitrogens is 1. The van der Waals surface area contributed by atoms with Crippen molar-refractivity contribution < 1.29 is 14.3 Å². The first-order chi connectivity index (χ1) is 14.9. The Balaban J connectivity index is 1.36. The lowest BCUT2D eigenvalue weighted by molar-refractivity contribution is -0.134. The fourth-order valence-corrected chi connectivity index (χ4v) is 4.19. The smallest absolute Gasteiger partial charge is 0.340 e. The Hall–Kier alpha value is -3.12. The van der Waals surface area contributed by atoms with Gasteiger partial charge in [-0.25, -0.2) is 4.79 Å². The number of carbonyl (C=O) groups is 2. The Morgan fingerprint density at radius 3 is 2.52 bits per heavy atom. The van der Waals surface area contributed by atoms with Gasteiger partial charge in [-0.1, -0.05) is 35.9 Å². The Morgan fingerprint density at radius 2 is 1.77 bits per heavy atom. The van der Waals surface area contributed by atoms with Gasteiger partial charge in [0.2, 0.25) is 0 Å². The fourth-order valence-electron chi connectivity index (χ4n) is 4.01. The largest absolute Gasteiger partial charge is 0.452 e. The van der Waals surface area contributed by atoms with Crippen LogP contribution in [0.15, 0.2) is 48.5 Å². The van der Waals surface area contributed by atoms with Crippen LogP contribution in [0.5, 0.6) is 0 Å². The van der Waals surface area contributed by atoms with E-state index in [0.717, 1.165) is 22.2 Å². The van der Waals surface area contributed by atoms with E-state index < -0.39 is 5.97 Å². The molecule has 160 valence electrons. The summed E-state index contributed by atoms with van der Waals surface area (Å²) < 4.78 is 5.38. The third-order valence-electron chi connectivity index (χ3n) is 5.67. The van der Waals surface area contributed by atoms with E-state index in [1.165, 1.54) is 0 Å². The van der Waals surface area contributed by atoms with Crippen molar-refractivity contribution in [1.82, 2.24) is 9.88 Å². The molecule has 7 heteroatoms. The molecule has 1 aliphatic rings. The molecule has 31 heavy (non-hydrogen) atoms. The standard InChI is InChI=1S/C24H24ClN3O3/c1-16-20-8-3-4-9-21(20)26-17(2)23(16)24(30)31-15-22(29)28-12-10-27(11-13-28)19-7-5-6-18(25)14-19/h3-9,14H,10-13,15H2,1-2H3. The Kier molecular flexibility index (Phi) is 6.09. The second-order valence-electron chi connectivity index (χ2n) is 7.64. The molecule has 1 saturated heterocycles. The van der Waals surface area contributed by atoms with E-state index in [1.807, 2.05) is 55.5 Å². The highest BCUT2D eigenvalue weighted by atomic mass is 35.5. The van der Waals surface area contributed by atoms with Crippen LogP contribution in [0.3, 0.4) is 0 Å². The van der Waals surface area contributed by atoms with Crippen molar-refractivity contribution in [3.8, 4) is 0 Å². The van der Waals surface area contributed by atoms with Crippen LogP contribution < -0.4 is 4.90 Å². The van der Waals surface area contributed by atoms with Gasteiger partial charge in [-0.05, 0) is 43.7 Å². The van der Waals surface area contributed by atoms with Crippen LogP contribution >= 0.6 is 11.6 Å². The molecule has 0 atom stereocenters. The van der Waals surface area contributed by atoms with Crippen molar-refractivity contribution in [3.63, 3.8) is 0 Å². The molecule has 0 unspecified atom stereocenters. The van der Waals surface area contributed by atoms with Crippen LogP contribution in [0.25, 0.3) is 10.9 Å². The van der Waals surface area contributed by atoms with Crippen molar-refractivity contribution >= 4 is 40.1 Å². The summed E-state index contributed by atoms with van der Waals surface area (Å²) in [4.78, 5) is 33.8. The van der Waals surface area contributed by atoms with Gasteiger partial charge in [-0.15, -0.1) is 0 Å². The van der Waals surface area contributed by atoms with Crippen LogP contribution in [-0.4, -0.2) is 54.5 Å². The highest BCUT2D eigenvalue weighted by Crippen LogP contribution is 2.23. The molecule has 1 aromatic heterocycles. The Bertz CT molecular complexity index is 1140. The van der Waals surface area contributed by atoms with Crippen LogP contribution in [0, 0.1) is 13.8 Å². The van der Waals surface area contributed by atoms with E-state index in [0.29, 0.717) is 42.5 Å². The number of benzene rings is 2. The number of aryl methyl sites for hydroxylation is 2. The molecular weight excluding hydrogens is 414 g/mol. The number of piperazine rings is 1. The number of para-hydroxylation sites is 1. The summed E-state index contributed by atoms with van der Waals surface area (Å²) in [7, 11) is 0. The van der Waals surface area contributed by atoms with Gasteiger partial charge in [0.25, 0.3) is 5.91 Å². The van der Waals surface area contributed by atoms with Crippen LogP contribution in [-0.2, 0) is 9.53 Å². The number of nitrogens with zero attached hydrogens (tertiary/aromatic N) is 3. The van der Waals surface area contributed by atoms with Gasteiger partial charge in [0, 0.05) is 42.3 Å². The molecule has 4 rings (SSSR count). The van der Waals surface area contributed by atoms with Crippen LogP contribution in [0.4, 0.5) is 5.69 Å². The monoisotopic (exact) mass is 437 g/mol. The highest BCUT2D eigenvalue weighted by Gasteiger charge is 2.24. The summed E-state index contributed by atoms with van der Waals surface area (Å²) in [6.07, 6.45) is 0. The number of amides is 1. The lowest BCUT2D eigenvalue weighted by atomic mass is 10.0. The SMILES string of the molecule is Cc1nc2ccccc2c(C)c1C(=O)OCC(=O)N1CCN(c2cccc(Cl)c2)CC1. The molecule has 0 aliphatic carbocycles. The fraction of sp³-hybridized carbons (Fsp3) is 0.292. The maximum Gasteiger partial charge on any atom is 0.340 e. The number of fused-ring (bicyclic) bond motifs is 1. The van der Waals surface area contributed by atoms with Gasteiger partial charge in [0.1, 0.15) is 0 Å². The molecule has 1 aliphatic heterocycles. The molecule has 3 aromatic rings. The van der Waals surface area contributed by atoms with Gasteiger partial charge in [-0.2, -0.15) is 0 Å². The summed E-state index contributed by atoms with van der Waals surface area (Å²) in [6.45, 7) is 5.93. The van der Waals surface area contributed by atoms with Crippen molar-refractivity contribution in [2.75, 3.05) is 37.7 Å². The second kappa shape index (κ2) is 8.94. The van der Waals surface area contributed by atoms with E-state index in [1.54, 1.807) is 11.8 Å². The van der Waals surface area contributed by atoms with E-state index in [-0.39, 0.29) is 12.5 Å². The zero-order valence-electron chi connectivity index (χ0n) is 17.6. The van der Waals surface area contributed by atoms with Crippen molar-refractivity contribution in [2.24, 2.45) is 0 Å². The van der Waals surface area contributed by atoms with Gasteiger partial charge in [0.05, 0.1) is 16.8 Å². The van der Waals surface area contributed by atoms with Gasteiger partial charge < -0.3 is 14.5 Å². The van der Waals surface area contributed by atoms with Crippen LogP contribution in [0.1, 0.15) is 21.6 Å². The van der Waals surface area contributed by atoms with E-state index in [4.69, 9.17) is 16.3 Å². The lowest BCUT2D eigenvalue weighted by Crippen LogP contribution is -2.49. The topological polar surface area (TPSA) is 62.7 Å². The number of carbonyl (C=O) groups excluding carboxylic acids is 2. The summed E-state index contributed by atoms with van der Waals surface area (Å²) in [5.74, 6) is -0.706. The molecule has 0 bridgehead atoms. The molecule has 0 spiro atoms. The summed E-state index contributed by atoms with van der Waals surface area (Å²) >= 11 is 6.07. The average molecular weight is 438 g/mol. The Morgan fingerprint density at radius 1 is 1.03 bits per heavy atom. The van der Waals surface area contributed by atoms with Crippen molar-refractivity contribution in [3.05, 3.63) is 70.4 Å². The first kappa shape index (κ1) is 21.1. The first-order valence-corrected chi connectivity index (χ1v) is 10.6. The number of anilines is 1.